The summed E-state index contributed by atoms with van der Waals surface area (Å²) < 4.78 is 12.3. The van der Waals surface area contributed by atoms with Crippen molar-refractivity contribution in [2.75, 3.05) is 6.61 Å². The Hall–Kier alpha value is -4.33. The van der Waals surface area contributed by atoms with Crippen LogP contribution in [0.15, 0.2) is 77.5 Å². The molecule has 0 bridgehead atoms. The molecule has 0 aliphatic carbocycles. The van der Waals surface area contributed by atoms with Crippen LogP contribution in [0.5, 0.6) is 0 Å². The molecule has 2 aromatic carbocycles. The number of nitrogens with zero attached hydrogens (tertiary/aromatic N) is 4. The van der Waals surface area contributed by atoms with E-state index in [0.29, 0.717) is 34.9 Å². The normalized spacial score (nSPS) is 11.0. The fourth-order valence-corrected chi connectivity index (χ4v) is 2.92. The number of allylic oxidation sites excluding steroid dienone is 1. The van der Waals surface area contributed by atoms with Crippen LogP contribution in [0.2, 0.25) is 0 Å². The molecule has 0 saturated heterocycles. The van der Waals surface area contributed by atoms with E-state index in [0.717, 1.165) is 5.56 Å². The third-order valence-electron chi connectivity index (χ3n) is 4.45. The van der Waals surface area contributed by atoms with E-state index in [9.17, 15) is 9.59 Å². The highest BCUT2D eigenvalue weighted by Gasteiger charge is 2.09. The van der Waals surface area contributed by atoms with E-state index in [1.807, 2.05) is 12.1 Å². The van der Waals surface area contributed by atoms with Gasteiger partial charge in [-0.2, -0.15) is 0 Å². The molecular weight excluding hydrogens is 396 g/mol. The third-order valence-corrected chi connectivity index (χ3v) is 4.45. The SMILES string of the molecule is CCOC(=O)c1ccc(-c2ccc(/C=C/C(=O)c3cccc(-n4cnnn4)c3)o2)cc1. The van der Waals surface area contributed by atoms with Crippen LogP contribution in [0.25, 0.3) is 23.1 Å². The zero-order chi connectivity index (χ0) is 21.6. The Kier molecular flexibility index (Phi) is 5.79. The molecule has 8 nitrogen and oxygen atoms in total. The number of tetrazole rings is 1. The maximum Gasteiger partial charge on any atom is 0.338 e. The van der Waals surface area contributed by atoms with E-state index in [1.165, 1.54) is 17.1 Å². The Labute approximate surface area is 177 Å². The number of benzene rings is 2. The molecule has 0 unspecified atom stereocenters. The summed E-state index contributed by atoms with van der Waals surface area (Å²) in [4.78, 5) is 24.3. The summed E-state index contributed by atoms with van der Waals surface area (Å²) in [6.07, 6.45) is 4.52. The van der Waals surface area contributed by atoms with Gasteiger partial charge in [0.2, 0.25) is 0 Å². The van der Waals surface area contributed by atoms with Crippen LogP contribution in [0.3, 0.4) is 0 Å². The number of furan rings is 1. The second-order valence-corrected chi connectivity index (χ2v) is 6.50. The Morgan fingerprint density at radius 2 is 1.90 bits per heavy atom. The van der Waals surface area contributed by atoms with Crippen molar-refractivity contribution in [1.29, 1.82) is 0 Å². The first-order valence-corrected chi connectivity index (χ1v) is 9.57. The highest BCUT2D eigenvalue weighted by Crippen LogP contribution is 2.23. The predicted octanol–water partition coefficient (Wildman–Crippen LogP) is 4.00. The molecule has 4 rings (SSSR count). The highest BCUT2D eigenvalue weighted by atomic mass is 16.5. The number of carbonyl (C=O) groups excluding carboxylic acids is 2. The molecule has 0 aliphatic heterocycles. The van der Waals surface area contributed by atoms with E-state index >= 15 is 0 Å². The second-order valence-electron chi connectivity index (χ2n) is 6.50. The molecule has 0 atom stereocenters. The Bertz CT molecular complexity index is 1220. The molecule has 31 heavy (non-hydrogen) atoms. The standard InChI is InChI=1S/C23H18N4O4/c1-2-30-23(29)17-8-6-16(7-9-17)22-13-11-20(31-22)10-12-21(28)18-4-3-5-19(14-18)27-15-24-25-26-27/h3-15H,2H2,1H3/b12-10+. The van der Waals surface area contributed by atoms with Crippen LogP contribution >= 0.6 is 0 Å². The number of hydrogen-bond acceptors (Lipinski definition) is 7. The van der Waals surface area contributed by atoms with Crippen molar-refractivity contribution in [1.82, 2.24) is 20.2 Å². The molecule has 2 aromatic heterocycles. The van der Waals surface area contributed by atoms with Gasteiger partial charge in [-0.3, -0.25) is 4.79 Å². The summed E-state index contributed by atoms with van der Waals surface area (Å²) in [6, 6.07) is 17.5. The minimum atomic E-state index is -0.361. The van der Waals surface area contributed by atoms with E-state index in [2.05, 4.69) is 15.5 Å². The van der Waals surface area contributed by atoms with Gasteiger partial charge in [0.05, 0.1) is 17.9 Å². The molecular formula is C23H18N4O4. The summed E-state index contributed by atoms with van der Waals surface area (Å²) in [5, 5.41) is 11.0. The van der Waals surface area contributed by atoms with Gasteiger partial charge in [-0.15, -0.1) is 5.10 Å². The maximum atomic E-state index is 12.5. The zero-order valence-corrected chi connectivity index (χ0v) is 16.6. The summed E-state index contributed by atoms with van der Waals surface area (Å²) in [7, 11) is 0. The van der Waals surface area contributed by atoms with Crippen molar-refractivity contribution in [2.45, 2.75) is 6.92 Å². The van der Waals surface area contributed by atoms with Crippen molar-refractivity contribution >= 4 is 17.8 Å². The van der Waals surface area contributed by atoms with Crippen molar-refractivity contribution in [3.8, 4) is 17.0 Å². The van der Waals surface area contributed by atoms with Gasteiger partial charge in [-0.1, -0.05) is 24.3 Å². The second kappa shape index (κ2) is 9.00. The maximum absolute atomic E-state index is 12.5. The van der Waals surface area contributed by atoms with Gasteiger partial charge in [0.15, 0.2) is 5.78 Å². The van der Waals surface area contributed by atoms with Crippen LogP contribution in [-0.2, 0) is 4.74 Å². The van der Waals surface area contributed by atoms with Crippen molar-refractivity contribution in [3.05, 3.63) is 90.0 Å². The van der Waals surface area contributed by atoms with Crippen LogP contribution in [0, 0.1) is 0 Å². The number of aromatic nitrogens is 4. The molecule has 0 amide bonds. The third kappa shape index (κ3) is 4.64. The molecule has 0 N–H and O–H groups in total. The van der Waals surface area contributed by atoms with Gasteiger partial charge in [0, 0.05) is 11.1 Å². The topological polar surface area (TPSA) is 100 Å². The molecule has 154 valence electrons. The van der Waals surface area contributed by atoms with Gasteiger partial charge in [-0.05, 0) is 65.9 Å². The molecule has 8 heteroatoms. The summed E-state index contributed by atoms with van der Waals surface area (Å²) >= 11 is 0. The smallest absolute Gasteiger partial charge is 0.338 e. The van der Waals surface area contributed by atoms with Gasteiger partial charge in [-0.25, -0.2) is 9.48 Å². The lowest BCUT2D eigenvalue weighted by Crippen LogP contribution is -2.03. The average Bonchev–Trinajstić information content (AvgIpc) is 3.50. The fraction of sp³-hybridized carbons (Fsp3) is 0.0870. The summed E-state index contributed by atoms with van der Waals surface area (Å²) in [6.45, 7) is 2.09. The molecule has 4 aromatic rings. The minimum absolute atomic E-state index is 0.174. The van der Waals surface area contributed by atoms with Gasteiger partial charge in [0.25, 0.3) is 0 Å². The van der Waals surface area contributed by atoms with Crippen molar-refractivity contribution in [3.63, 3.8) is 0 Å². The van der Waals surface area contributed by atoms with Crippen LogP contribution < -0.4 is 0 Å². The number of esters is 1. The minimum Gasteiger partial charge on any atom is -0.462 e. The summed E-state index contributed by atoms with van der Waals surface area (Å²) in [5.41, 5.74) is 2.49. The van der Waals surface area contributed by atoms with Crippen LogP contribution in [0.4, 0.5) is 0 Å². The molecule has 0 radical (unpaired) electrons. The number of ether oxygens (including phenoxy) is 1. The average molecular weight is 414 g/mol. The van der Waals surface area contributed by atoms with E-state index in [4.69, 9.17) is 9.15 Å². The first-order valence-electron chi connectivity index (χ1n) is 9.57. The first-order chi connectivity index (χ1) is 15.1. The quantitative estimate of drug-likeness (QED) is 0.256. The van der Waals surface area contributed by atoms with Crippen molar-refractivity contribution in [2.24, 2.45) is 0 Å². The number of ketones is 1. The molecule has 0 spiro atoms. The zero-order valence-electron chi connectivity index (χ0n) is 16.6. The van der Waals surface area contributed by atoms with Gasteiger partial charge >= 0.3 is 5.97 Å². The Morgan fingerprint density at radius 3 is 2.65 bits per heavy atom. The Balaban J connectivity index is 1.46. The first kappa shape index (κ1) is 20.0. The monoisotopic (exact) mass is 414 g/mol. The Morgan fingerprint density at radius 1 is 1.06 bits per heavy atom. The lowest BCUT2D eigenvalue weighted by molar-refractivity contribution is 0.0526. The van der Waals surface area contributed by atoms with E-state index in [1.54, 1.807) is 61.5 Å². The van der Waals surface area contributed by atoms with E-state index < -0.39 is 0 Å². The van der Waals surface area contributed by atoms with Crippen LogP contribution in [-0.4, -0.2) is 38.6 Å². The number of hydrogen-bond donors (Lipinski definition) is 0. The largest absolute Gasteiger partial charge is 0.462 e. The van der Waals surface area contributed by atoms with Gasteiger partial charge < -0.3 is 9.15 Å². The van der Waals surface area contributed by atoms with Crippen molar-refractivity contribution < 1.29 is 18.7 Å². The molecule has 2 heterocycles. The number of rotatable bonds is 7. The van der Waals surface area contributed by atoms with Gasteiger partial charge in [0.1, 0.15) is 17.8 Å². The molecule has 0 fully saturated rings. The number of carbonyl (C=O) groups is 2. The lowest BCUT2D eigenvalue weighted by Gasteiger charge is -2.02. The van der Waals surface area contributed by atoms with Crippen LogP contribution in [0.1, 0.15) is 33.4 Å². The highest BCUT2D eigenvalue weighted by molar-refractivity contribution is 6.07. The molecule has 0 saturated carbocycles. The molecule has 0 aliphatic rings. The lowest BCUT2D eigenvalue weighted by atomic mass is 10.1. The van der Waals surface area contributed by atoms with E-state index in [-0.39, 0.29) is 11.8 Å². The summed E-state index contributed by atoms with van der Waals surface area (Å²) in [5.74, 6) is 0.629. The fourth-order valence-electron chi connectivity index (χ4n) is 2.92. The predicted molar refractivity (Wildman–Crippen MR) is 113 cm³/mol.